The van der Waals surface area contributed by atoms with E-state index in [4.69, 9.17) is 10.2 Å². The SMILES string of the molecule is OCCSCCC(O)CCSCCC(O)CCSCCO. The van der Waals surface area contributed by atoms with Crippen molar-refractivity contribution in [1.29, 1.82) is 0 Å². The lowest BCUT2D eigenvalue weighted by atomic mass is 10.2. The molecule has 0 amide bonds. The van der Waals surface area contributed by atoms with Gasteiger partial charge in [0.05, 0.1) is 25.4 Å². The average Bonchev–Trinajstić information content (AvgIpc) is 2.48. The Labute approximate surface area is 141 Å². The van der Waals surface area contributed by atoms with Crippen LogP contribution in [0.4, 0.5) is 0 Å². The van der Waals surface area contributed by atoms with Crippen LogP contribution in [0.1, 0.15) is 25.7 Å². The predicted octanol–water partition coefficient (Wildman–Crippen LogP) is 1.45. The van der Waals surface area contributed by atoms with Gasteiger partial charge >= 0.3 is 0 Å². The molecule has 4 nitrogen and oxygen atoms in total. The zero-order valence-corrected chi connectivity index (χ0v) is 15.1. The Morgan fingerprint density at radius 1 is 0.524 bits per heavy atom. The molecule has 0 aliphatic rings. The molecular formula is C14H30O4S3. The second-order valence-electron chi connectivity index (χ2n) is 4.75. The first-order valence-electron chi connectivity index (χ1n) is 7.51. The van der Waals surface area contributed by atoms with E-state index in [0.29, 0.717) is 0 Å². The molecule has 0 bridgehead atoms. The normalized spacial score (nSPS) is 14.3. The molecular weight excluding hydrogens is 328 g/mol. The highest BCUT2D eigenvalue weighted by atomic mass is 32.2. The van der Waals surface area contributed by atoms with Gasteiger partial charge < -0.3 is 20.4 Å². The van der Waals surface area contributed by atoms with Crippen molar-refractivity contribution in [2.24, 2.45) is 0 Å². The van der Waals surface area contributed by atoms with Crippen LogP contribution >= 0.6 is 35.3 Å². The second-order valence-corrected chi connectivity index (χ2v) is 8.42. The van der Waals surface area contributed by atoms with Crippen molar-refractivity contribution in [3.8, 4) is 0 Å². The fourth-order valence-corrected chi connectivity index (χ4v) is 4.23. The highest BCUT2D eigenvalue weighted by molar-refractivity contribution is 7.99. The van der Waals surface area contributed by atoms with E-state index >= 15 is 0 Å². The molecule has 0 saturated carbocycles. The summed E-state index contributed by atoms with van der Waals surface area (Å²) in [5.41, 5.74) is 0. The zero-order chi connectivity index (χ0) is 15.8. The van der Waals surface area contributed by atoms with Crippen LogP contribution < -0.4 is 0 Å². The molecule has 0 aromatic rings. The molecule has 2 unspecified atom stereocenters. The smallest absolute Gasteiger partial charge is 0.0556 e. The van der Waals surface area contributed by atoms with Crippen LogP contribution in [0.15, 0.2) is 0 Å². The molecule has 0 spiro atoms. The van der Waals surface area contributed by atoms with Gasteiger partial charge in [-0.1, -0.05) is 0 Å². The Hall–Kier alpha value is 0.890. The maximum Gasteiger partial charge on any atom is 0.0556 e. The number of rotatable bonds is 16. The molecule has 0 radical (unpaired) electrons. The monoisotopic (exact) mass is 358 g/mol. The fourth-order valence-electron chi connectivity index (χ4n) is 1.60. The van der Waals surface area contributed by atoms with Gasteiger partial charge in [-0.15, -0.1) is 0 Å². The molecule has 0 aliphatic heterocycles. The number of hydrogen-bond acceptors (Lipinski definition) is 7. The lowest BCUT2D eigenvalue weighted by Gasteiger charge is -2.11. The summed E-state index contributed by atoms with van der Waals surface area (Å²) in [6, 6.07) is 0. The molecule has 7 heteroatoms. The van der Waals surface area contributed by atoms with E-state index in [-0.39, 0.29) is 25.4 Å². The zero-order valence-electron chi connectivity index (χ0n) is 12.7. The molecule has 0 aliphatic carbocycles. The van der Waals surface area contributed by atoms with Gasteiger partial charge in [-0.25, -0.2) is 0 Å². The van der Waals surface area contributed by atoms with Gasteiger partial charge in [-0.05, 0) is 48.7 Å². The van der Waals surface area contributed by atoms with Gasteiger partial charge in [0.25, 0.3) is 0 Å². The van der Waals surface area contributed by atoms with Gasteiger partial charge in [-0.3, -0.25) is 0 Å². The summed E-state index contributed by atoms with van der Waals surface area (Å²) in [6.07, 6.45) is 2.68. The van der Waals surface area contributed by atoms with Crippen molar-refractivity contribution < 1.29 is 20.4 Å². The van der Waals surface area contributed by atoms with E-state index in [0.717, 1.165) is 60.2 Å². The van der Waals surface area contributed by atoms with Crippen LogP contribution in [0, 0.1) is 0 Å². The standard InChI is InChI=1S/C14H30O4S3/c15-5-11-20-9-3-13(17)1-7-19-8-2-14(18)4-10-21-12-6-16/h13-18H,1-12H2. The number of hydrogen-bond donors (Lipinski definition) is 4. The first kappa shape index (κ1) is 21.9. The van der Waals surface area contributed by atoms with Gasteiger partial charge in [0.2, 0.25) is 0 Å². The predicted molar refractivity (Wildman–Crippen MR) is 96.6 cm³/mol. The summed E-state index contributed by atoms with van der Waals surface area (Å²) < 4.78 is 0. The van der Waals surface area contributed by atoms with Crippen LogP contribution in [0.3, 0.4) is 0 Å². The molecule has 0 saturated heterocycles. The van der Waals surface area contributed by atoms with E-state index in [1.54, 1.807) is 35.3 Å². The minimum Gasteiger partial charge on any atom is -0.396 e. The highest BCUT2D eigenvalue weighted by Gasteiger charge is 2.06. The van der Waals surface area contributed by atoms with Gasteiger partial charge in [0, 0.05) is 11.5 Å². The van der Waals surface area contributed by atoms with Crippen molar-refractivity contribution in [1.82, 2.24) is 0 Å². The molecule has 0 rings (SSSR count). The van der Waals surface area contributed by atoms with Crippen molar-refractivity contribution in [3.63, 3.8) is 0 Å². The second kappa shape index (κ2) is 17.2. The average molecular weight is 359 g/mol. The first-order chi connectivity index (χ1) is 10.2. The molecule has 4 N–H and O–H groups in total. The third-order valence-electron chi connectivity index (χ3n) is 2.85. The topological polar surface area (TPSA) is 80.9 Å². The molecule has 0 aromatic heterocycles. The quantitative estimate of drug-likeness (QED) is 0.311. The van der Waals surface area contributed by atoms with E-state index in [1.165, 1.54) is 0 Å². The molecule has 21 heavy (non-hydrogen) atoms. The van der Waals surface area contributed by atoms with Crippen molar-refractivity contribution in [3.05, 3.63) is 0 Å². The minimum absolute atomic E-state index is 0.206. The third-order valence-corrected chi connectivity index (χ3v) is 5.89. The summed E-state index contributed by atoms with van der Waals surface area (Å²) in [7, 11) is 0. The van der Waals surface area contributed by atoms with E-state index in [9.17, 15) is 10.2 Å². The largest absolute Gasteiger partial charge is 0.396 e. The summed E-state index contributed by atoms with van der Waals surface area (Å²) in [4.78, 5) is 0. The molecule has 128 valence electrons. The van der Waals surface area contributed by atoms with Crippen LogP contribution in [0.2, 0.25) is 0 Å². The van der Waals surface area contributed by atoms with Crippen molar-refractivity contribution >= 4 is 35.3 Å². The van der Waals surface area contributed by atoms with Gasteiger partial charge in [0.15, 0.2) is 0 Å². The van der Waals surface area contributed by atoms with Crippen LogP contribution in [-0.2, 0) is 0 Å². The Kier molecular flexibility index (Phi) is 18.0. The fraction of sp³-hybridized carbons (Fsp3) is 1.00. The maximum atomic E-state index is 9.76. The minimum atomic E-state index is -0.247. The third kappa shape index (κ3) is 17.1. The number of aliphatic hydroxyl groups is 4. The van der Waals surface area contributed by atoms with Gasteiger partial charge in [-0.2, -0.15) is 35.3 Å². The summed E-state index contributed by atoms with van der Waals surface area (Å²) >= 11 is 5.13. The first-order valence-corrected chi connectivity index (χ1v) is 11.0. The molecule has 0 aromatic carbocycles. The van der Waals surface area contributed by atoms with Crippen LogP contribution in [0.5, 0.6) is 0 Å². The van der Waals surface area contributed by atoms with Crippen LogP contribution in [-0.4, -0.2) is 80.4 Å². The number of aliphatic hydroxyl groups excluding tert-OH is 4. The van der Waals surface area contributed by atoms with Crippen molar-refractivity contribution in [2.45, 2.75) is 37.9 Å². The molecule has 0 heterocycles. The molecule has 0 fully saturated rings. The Morgan fingerprint density at radius 3 is 1.10 bits per heavy atom. The summed E-state index contributed by atoms with van der Waals surface area (Å²) in [6.45, 7) is 0.412. The summed E-state index contributed by atoms with van der Waals surface area (Å²) in [5, 5.41) is 36.8. The highest BCUT2D eigenvalue weighted by Crippen LogP contribution is 2.14. The van der Waals surface area contributed by atoms with E-state index in [2.05, 4.69) is 0 Å². The van der Waals surface area contributed by atoms with Gasteiger partial charge in [0.1, 0.15) is 0 Å². The van der Waals surface area contributed by atoms with E-state index in [1.807, 2.05) is 0 Å². The number of thioether (sulfide) groups is 3. The molecule has 2 atom stereocenters. The Bertz CT molecular complexity index is 191. The van der Waals surface area contributed by atoms with Crippen molar-refractivity contribution in [2.75, 3.05) is 47.7 Å². The Balaban J connectivity index is 3.26. The summed E-state index contributed by atoms with van der Waals surface area (Å²) in [5.74, 6) is 5.15. The maximum absolute atomic E-state index is 9.76. The lowest BCUT2D eigenvalue weighted by Crippen LogP contribution is -2.11. The van der Waals surface area contributed by atoms with E-state index < -0.39 is 0 Å². The lowest BCUT2D eigenvalue weighted by molar-refractivity contribution is 0.167. The van der Waals surface area contributed by atoms with Crippen LogP contribution in [0.25, 0.3) is 0 Å². The Morgan fingerprint density at radius 2 is 0.810 bits per heavy atom.